The van der Waals surface area contributed by atoms with Crippen LogP contribution in [0.4, 0.5) is 0 Å². The van der Waals surface area contributed by atoms with Crippen molar-refractivity contribution in [2.75, 3.05) is 12.4 Å². The Bertz CT molecular complexity index is 1310. The van der Waals surface area contributed by atoms with Crippen LogP contribution in [-0.4, -0.2) is 28.5 Å². The highest BCUT2D eigenvalue weighted by Crippen LogP contribution is 2.43. The van der Waals surface area contributed by atoms with E-state index in [1.165, 1.54) is 23.1 Å². The van der Waals surface area contributed by atoms with Gasteiger partial charge >= 0.3 is 5.97 Å². The van der Waals surface area contributed by atoms with Crippen molar-refractivity contribution >= 4 is 67.2 Å². The maximum absolute atomic E-state index is 13.5. The number of thioether (sulfide) groups is 1. The summed E-state index contributed by atoms with van der Waals surface area (Å²) in [5.41, 5.74) is 2.50. The summed E-state index contributed by atoms with van der Waals surface area (Å²) in [6.45, 7) is 2.02. The molecule has 0 fully saturated rings. The highest BCUT2D eigenvalue weighted by molar-refractivity contribution is 9.10. The predicted molar refractivity (Wildman–Crippen MR) is 126 cm³/mol. The molecule has 0 unspecified atom stereocenters. The molecule has 0 N–H and O–H groups in total. The average Bonchev–Trinajstić information content (AvgIpc) is 3.28. The van der Waals surface area contributed by atoms with E-state index < -0.39 is 5.97 Å². The van der Waals surface area contributed by atoms with Crippen molar-refractivity contribution in [2.45, 2.75) is 11.1 Å². The molecule has 1 aromatic carbocycles. The lowest BCUT2D eigenvalue weighted by molar-refractivity contribution is 0.0531. The van der Waals surface area contributed by atoms with Crippen molar-refractivity contribution in [1.82, 2.24) is 4.40 Å². The first-order valence-corrected chi connectivity index (χ1v) is 11.8. The molecule has 0 bridgehead atoms. The zero-order valence-corrected chi connectivity index (χ0v) is 19.2. The molecule has 0 spiro atoms. The molecule has 150 valence electrons. The van der Waals surface area contributed by atoms with Gasteiger partial charge in [0, 0.05) is 21.6 Å². The molecule has 0 aliphatic rings. The third-order valence-electron chi connectivity index (χ3n) is 4.54. The van der Waals surface area contributed by atoms with Gasteiger partial charge in [0.1, 0.15) is 0 Å². The Morgan fingerprint density at radius 2 is 2.00 bits per heavy atom. The molecular weight excluding hydrogens is 482 g/mol. The number of ether oxygens (including phenoxy) is 1. The van der Waals surface area contributed by atoms with E-state index in [1.54, 1.807) is 19.1 Å². The lowest BCUT2D eigenvalue weighted by Gasteiger charge is -2.04. The Morgan fingerprint density at radius 3 is 2.70 bits per heavy atom. The summed E-state index contributed by atoms with van der Waals surface area (Å²) in [7, 11) is 0. The molecule has 4 rings (SSSR count). The molecule has 3 aromatic heterocycles. The molecule has 0 saturated heterocycles. The normalized spacial score (nSPS) is 11.0. The van der Waals surface area contributed by atoms with E-state index in [4.69, 9.17) is 11.2 Å². The van der Waals surface area contributed by atoms with E-state index >= 15 is 0 Å². The standard InChI is InChI=1S/C23H16BrNO3S2/c1-3-13-29-23-19-18(21(30-23)20(26)14-8-10-15(24)11-9-14)17(22(27)28-4-2)16-7-5-6-12-25(16)19/h1,5-12H,4,13H2,2H3. The van der Waals surface area contributed by atoms with Crippen LogP contribution in [0, 0.1) is 12.3 Å². The minimum Gasteiger partial charge on any atom is -0.462 e. The van der Waals surface area contributed by atoms with Gasteiger partial charge in [-0.3, -0.25) is 4.79 Å². The summed E-state index contributed by atoms with van der Waals surface area (Å²) in [6.07, 6.45) is 7.37. The molecule has 30 heavy (non-hydrogen) atoms. The number of pyridine rings is 1. The number of fused-ring (bicyclic) bond motifs is 3. The van der Waals surface area contributed by atoms with Crippen molar-refractivity contribution in [1.29, 1.82) is 0 Å². The van der Waals surface area contributed by atoms with Crippen molar-refractivity contribution in [3.05, 3.63) is 69.1 Å². The first kappa shape index (κ1) is 20.7. The van der Waals surface area contributed by atoms with Crippen LogP contribution in [-0.2, 0) is 4.74 Å². The number of thiophene rings is 1. The van der Waals surface area contributed by atoms with Crippen molar-refractivity contribution in [3.8, 4) is 12.3 Å². The molecule has 0 atom stereocenters. The third kappa shape index (κ3) is 3.56. The molecular formula is C23H16BrNO3S2. The monoisotopic (exact) mass is 497 g/mol. The van der Waals surface area contributed by atoms with E-state index in [-0.39, 0.29) is 12.4 Å². The number of aromatic nitrogens is 1. The number of terminal acetylenes is 1. The molecule has 0 amide bonds. The van der Waals surface area contributed by atoms with Crippen molar-refractivity contribution in [3.63, 3.8) is 0 Å². The number of rotatable bonds is 6. The van der Waals surface area contributed by atoms with E-state index in [9.17, 15) is 9.59 Å². The lowest BCUT2D eigenvalue weighted by atomic mass is 10.1. The Kier molecular flexibility index (Phi) is 6.00. The zero-order chi connectivity index (χ0) is 21.3. The molecule has 3 heterocycles. The van der Waals surface area contributed by atoms with Crippen molar-refractivity contribution < 1.29 is 14.3 Å². The number of esters is 1. The molecule has 0 saturated carbocycles. The summed E-state index contributed by atoms with van der Waals surface area (Å²) in [6, 6.07) is 12.8. The van der Waals surface area contributed by atoms with Gasteiger partial charge < -0.3 is 9.14 Å². The second-order valence-electron chi connectivity index (χ2n) is 6.32. The maximum Gasteiger partial charge on any atom is 0.341 e. The fraction of sp³-hybridized carbons (Fsp3) is 0.130. The second-order valence-corrected chi connectivity index (χ2v) is 9.50. The van der Waals surface area contributed by atoms with Crippen LogP contribution in [0.1, 0.15) is 32.5 Å². The summed E-state index contributed by atoms with van der Waals surface area (Å²) in [5.74, 6) is 2.53. The van der Waals surface area contributed by atoms with E-state index in [2.05, 4.69) is 21.9 Å². The van der Waals surface area contributed by atoms with Crippen LogP contribution >= 0.6 is 39.0 Å². The number of benzene rings is 1. The van der Waals surface area contributed by atoms with Gasteiger partial charge in [-0.25, -0.2) is 4.79 Å². The maximum atomic E-state index is 13.5. The minimum absolute atomic E-state index is 0.133. The first-order valence-electron chi connectivity index (χ1n) is 9.16. The average molecular weight is 498 g/mol. The van der Waals surface area contributed by atoms with Crippen LogP contribution in [0.5, 0.6) is 0 Å². The fourth-order valence-corrected chi connectivity index (χ4v) is 5.80. The number of carbonyl (C=O) groups is 2. The van der Waals surface area contributed by atoms with Gasteiger partial charge in [-0.2, -0.15) is 0 Å². The molecule has 0 aliphatic heterocycles. The van der Waals surface area contributed by atoms with Crippen LogP contribution in [0.2, 0.25) is 0 Å². The second kappa shape index (κ2) is 8.68. The Balaban J connectivity index is 2.04. The number of carbonyl (C=O) groups excluding carboxylic acids is 2. The van der Waals surface area contributed by atoms with Gasteiger partial charge in [0.25, 0.3) is 0 Å². The van der Waals surface area contributed by atoms with Gasteiger partial charge in [-0.1, -0.05) is 27.9 Å². The first-order chi connectivity index (χ1) is 14.6. The number of hydrogen-bond donors (Lipinski definition) is 0. The van der Waals surface area contributed by atoms with Crippen LogP contribution in [0.25, 0.3) is 16.4 Å². The van der Waals surface area contributed by atoms with Gasteiger partial charge in [0.15, 0.2) is 0 Å². The van der Waals surface area contributed by atoms with Gasteiger partial charge in [0.05, 0.1) is 38.0 Å². The number of nitrogens with zero attached hydrogens (tertiary/aromatic N) is 1. The number of ketones is 1. The van der Waals surface area contributed by atoms with E-state index in [0.717, 1.165) is 14.2 Å². The number of halogens is 1. The summed E-state index contributed by atoms with van der Waals surface area (Å²) in [5, 5.41) is 0.622. The van der Waals surface area contributed by atoms with Crippen LogP contribution < -0.4 is 0 Å². The smallest absolute Gasteiger partial charge is 0.341 e. The summed E-state index contributed by atoms with van der Waals surface area (Å²) >= 11 is 6.26. The highest BCUT2D eigenvalue weighted by atomic mass is 79.9. The topological polar surface area (TPSA) is 47.8 Å². The van der Waals surface area contributed by atoms with E-state index in [0.29, 0.717) is 32.7 Å². The summed E-state index contributed by atoms with van der Waals surface area (Å²) in [4.78, 5) is 26.9. The molecule has 7 heteroatoms. The number of hydrogen-bond acceptors (Lipinski definition) is 5. The Labute approximate surface area is 190 Å². The molecule has 4 nitrogen and oxygen atoms in total. The molecule has 0 radical (unpaired) electrons. The Hall–Kier alpha value is -2.53. The van der Waals surface area contributed by atoms with Crippen molar-refractivity contribution in [2.24, 2.45) is 0 Å². The fourth-order valence-electron chi connectivity index (χ4n) is 3.33. The lowest BCUT2D eigenvalue weighted by Crippen LogP contribution is -2.06. The predicted octanol–water partition coefficient (Wildman–Crippen LogP) is 6.05. The van der Waals surface area contributed by atoms with Crippen LogP contribution in [0.3, 0.4) is 0 Å². The van der Waals surface area contributed by atoms with Gasteiger partial charge in [-0.15, -0.1) is 29.5 Å². The minimum atomic E-state index is -0.438. The van der Waals surface area contributed by atoms with Gasteiger partial charge in [0.2, 0.25) is 5.78 Å². The van der Waals surface area contributed by atoms with E-state index in [1.807, 2.05) is 40.9 Å². The Morgan fingerprint density at radius 1 is 1.23 bits per heavy atom. The van der Waals surface area contributed by atoms with Crippen LogP contribution in [0.15, 0.2) is 57.3 Å². The molecule has 4 aromatic rings. The third-order valence-corrected chi connectivity index (χ3v) is 7.41. The quantitative estimate of drug-likeness (QED) is 0.141. The van der Waals surface area contributed by atoms with Gasteiger partial charge in [-0.05, 0) is 43.3 Å². The largest absolute Gasteiger partial charge is 0.462 e. The SMILES string of the molecule is C#CCSc1sc(C(=O)c2ccc(Br)cc2)c2c(C(=O)OCC)c3ccccn3c12. The highest BCUT2D eigenvalue weighted by Gasteiger charge is 2.29. The zero-order valence-electron chi connectivity index (χ0n) is 16.0. The molecule has 0 aliphatic carbocycles. The summed E-state index contributed by atoms with van der Waals surface area (Å²) < 4.78 is 9.08.